The molecule has 3 nitrogen and oxygen atoms in total. The van der Waals surface area contributed by atoms with Gasteiger partial charge in [0.2, 0.25) is 0 Å². The van der Waals surface area contributed by atoms with Gasteiger partial charge in [0.05, 0.1) is 22.9 Å². The molecule has 0 aromatic carbocycles. The summed E-state index contributed by atoms with van der Waals surface area (Å²) in [4.78, 5) is 0. The summed E-state index contributed by atoms with van der Waals surface area (Å²) < 4.78 is 2.11. The van der Waals surface area contributed by atoms with Gasteiger partial charge >= 0.3 is 0 Å². The lowest BCUT2D eigenvalue weighted by atomic mass is 10.3. The van der Waals surface area contributed by atoms with Crippen LogP contribution in [0.2, 0.25) is 0 Å². The van der Waals surface area contributed by atoms with Crippen molar-refractivity contribution in [3.8, 4) is 0 Å². The monoisotopic (exact) mass is 253 g/mol. The van der Waals surface area contributed by atoms with Gasteiger partial charge < -0.3 is 0 Å². The summed E-state index contributed by atoms with van der Waals surface area (Å²) in [7, 11) is 2.01. The molecule has 0 fully saturated rings. The highest BCUT2D eigenvalue weighted by Gasteiger charge is 2.21. The van der Waals surface area contributed by atoms with E-state index >= 15 is 0 Å². The van der Waals surface area contributed by atoms with Gasteiger partial charge in [-0.25, -0.2) is 0 Å². The largest absolute Gasteiger partial charge is 0.281 e. The Kier molecular flexibility index (Phi) is 2.76. The standard InChI is InChI=1S/C6H12IN3/c1-3-4-6-9(2)8-5-10(6)7/h5-6H,3-4H2,1-2H3. The van der Waals surface area contributed by atoms with E-state index in [1.807, 2.05) is 18.4 Å². The summed E-state index contributed by atoms with van der Waals surface area (Å²) in [5, 5.41) is 6.14. The van der Waals surface area contributed by atoms with Crippen LogP contribution in [0.1, 0.15) is 19.8 Å². The third-order valence-corrected chi connectivity index (χ3v) is 2.50. The lowest BCUT2D eigenvalue weighted by Crippen LogP contribution is -2.31. The third-order valence-electron chi connectivity index (χ3n) is 1.61. The molecule has 0 saturated carbocycles. The zero-order valence-electron chi connectivity index (χ0n) is 6.29. The molecule has 0 amide bonds. The smallest absolute Gasteiger partial charge is 0.128 e. The Hall–Kier alpha value is 0. The number of hydrogen-bond acceptors (Lipinski definition) is 3. The molecule has 1 heterocycles. The van der Waals surface area contributed by atoms with E-state index in [4.69, 9.17) is 0 Å². The fraction of sp³-hybridized carbons (Fsp3) is 0.833. The van der Waals surface area contributed by atoms with Gasteiger partial charge in [-0.2, -0.15) is 5.10 Å². The zero-order valence-corrected chi connectivity index (χ0v) is 8.45. The molecule has 0 saturated heterocycles. The summed E-state index contributed by atoms with van der Waals surface area (Å²) in [5.41, 5.74) is 0. The second-order valence-electron chi connectivity index (χ2n) is 2.42. The number of rotatable bonds is 2. The van der Waals surface area contributed by atoms with E-state index in [0.717, 1.165) is 0 Å². The van der Waals surface area contributed by atoms with Crippen molar-refractivity contribution in [2.75, 3.05) is 7.05 Å². The summed E-state index contributed by atoms with van der Waals surface area (Å²) in [6, 6.07) is 0. The van der Waals surface area contributed by atoms with Crippen LogP contribution in [0.4, 0.5) is 0 Å². The van der Waals surface area contributed by atoms with Crippen LogP contribution < -0.4 is 0 Å². The molecule has 1 atom stereocenters. The van der Waals surface area contributed by atoms with Crippen LogP contribution in [-0.4, -0.2) is 27.7 Å². The first-order valence-electron chi connectivity index (χ1n) is 3.46. The van der Waals surface area contributed by atoms with Crippen molar-refractivity contribution in [1.82, 2.24) is 8.12 Å². The lowest BCUT2D eigenvalue weighted by molar-refractivity contribution is 0.216. The van der Waals surface area contributed by atoms with E-state index in [-0.39, 0.29) is 0 Å². The Morgan fingerprint density at radius 3 is 2.80 bits per heavy atom. The number of halogens is 1. The van der Waals surface area contributed by atoms with Gasteiger partial charge in [-0.15, -0.1) is 0 Å². The molecule has 0 N–H and O–H groups in total. The van der Waals surface area contributed by atoms with E-state index < -0.39 is 0 Å². The Bertz CT molecular complexity index is 125. The highest BCUT2D eigenvalue weighted by molar-refractivity contribution is 14.1. The third kappa shape index (κ3) is 1.53. The van der Waals surface area contributed by atoms with E-state index in [2.05, 4.69) is 38.0 Å². The van der Waals surface area contributed by atoms with Crippen molar-refractivity contribution in [2.24, 2.45) is 5.10 Å². The molecule has 1 aliphatic heterocycles. The van der Waals surface area contributed by atoms with Crippen molar-refractivity contribution in [3.05, 3.63) is 0 Å². The van der Waals surface area contributed by atoms with Gasteiger partial charge in [0.25, 0.3) is 0 Å². The maximum Gasteiger partial charge on any atom is 0.128 e. The predicted octanol–water partition coefficient (Wildman–Crippen LogP) is 1.65. The van der Waals surface area contributed by atoms with Gasteiger partial charge in [-0.1, -0.05) is 13.3 Å². The minimum absolute atomic E-state index is 0.477. The van der Waals surface area contributed by atoms with Crippen LogP contribution in [0.15, 0.2) is 5.10 Å². The first-order valence-corrected chi connectivity index (χ1v) is 4.43. The summed E-state index contributed by atoms with van der Waals surface area (Å²) >= 11 is 2.27. The Morgan fingerprint density at radius 1 is 1.70 bits per heavy atom. The van der Waals surface area contributed by atoms with Crippen LogP contribution in [-0.2, 0) is 0 Å². The van der Waals surface area contributed by atoms with Gasteiger partial charge in [-0.05, 0) is 6.42 Å². The lowest BCUT2D eigenvalue weighted by Gasteiger charge is -2.22. The molecule has 0 bridgehead atoms. The molecule has 10 heavy (non-hydrogen) atoms. The second-order valence-corrected chi connectivity index (χ2v) is 3.53. The second kappa shape index (κ2) is 3.41. The van der Waals surface area contributed by atoms with E-state index in [1.54, 1.807) is 0 Å². The van der Waals surface area contributed by atoms with Gasteiger partial charge in [-0.3, -0.25) is 8.12 Å². The van der Waals surface area contributed by atoms with Crippen LogP contribution in [0.3, 0.4) is 0 Å². The summed E-state index contributed by atoms with van der Waals surface area (Å²) in [6.45, 7) is 2.19. The van der Waals surface area contributed by atoms with Crippen molar-refractivity contribution in [3.63, 3.8) is 0 Å². The van der Waals surface area contributed by atoms with Crippen LogP contribution in [0, 0.1) is 0 Å². The van der Waals surface area contributed by atoms with Crippen LogP contribution >= 0.6 is 22.9 Å². The topological polar surface area (TPSA) is 18.8 Å². The molecule has 1 unspecified atom stereocenters. The first-order chi connectivity index (χ1) is 4.75. The molecule has 0 aromatic rings. The molecular weight excluding hydrogens is 241 g/mol. The SMILES string of the molecule is CCCC1N(I)C=NN1C. The number of hydrogen-bond donors (Lipinski definition) is 0. The fourth-order valence-electron chi connectivity index (χ4n) is 1.01. The Balaban J connectivity index is 2.43. The molecule has 0 spiro atoms. The average Bonchev–Trinajstić information content (AvgIpc) is 2.20. The Morgan fingerprint density at radius 2 is 2.40 bits per heavy atom. The van der Waals surface area contributed by atoms with Gasteiger partial charge in [0.15, 0.2) is 0 Å². The summed E-state index contributed by atoms with van der Waals surface area (Å²) in [5.74, 6) is 0. The van der Waals surface area contributed by atoms with Crippen molar-refractivity contribution < 1.29 is 0 Å². The molecule has 0 radical (unpaired) electrons. The normalized spacial score (nSPS) is 24.5. The number of nitrogens with zero attached hydrogens (tertiary/aromatic N) is 3. The van der Waals surface area contributed by atoms with E-state index in [9.17, 15) is 0 Å². The molecule has 0 aromatic heterocycles. The maximum absolute atomic E-state index is 4.14. The first kappa shape index (κ1) is 8.10. The van der Waals surface area contributed by atoms with Crippen LogP contribution in [0.5, 0.6) is 0 Å². The highest BCUT2D eigenvalue weighted by Crippen LogP contribution is 2.18. The maximum atomic E-state index is 4.14. The quantitative estimate of drug-likeness (QED) is 0.550. The van der Waals surface area contributed by atoms with Crippen molar-refractivity contribution >= 4 is 29.2 Å². The van der Waals surface area contributed by atoms with Gasteiger partial charge in [0, 0.05) is 7.05 Å². The highest BCUT2D eigenvalue weighted by atomic mass is 127. The van der Waals surface area contributed by atoms with Crippen LogP contribution in [0.25, 0.3) is 0 Å². The number of hydrazone groups is 1. The van der Waals surface area contributed by atoms with Gasteiger partial charge in [0.1, 0.15) is 12.5 Å². The van der Waals surface area contributed by atoms with Crippen molar-refractivity contribution in [1.29, 1.82) is 0 Å². The molecular formula is C6H12IN3. The molecule has 1 rings (SSSR count). The summed E-state index contributed by atoms with van der Waals surface area (Å²) in [6.07, 6.45) is 4.73. The minimum Gasteiger partial charge on any atom is -0.281 e. The Labute approximate surface area is 75.6 Å². The zero-order chi connectivity index (χ0) is 7.56. The molecule has 58 valence electrons. The molecule has 1 aliphatic rings. The minimum atomic E-state index is 0.477. The molecule has 0 aliphatic carbocycles. The fourth-order valence-corrected chi connectivity index (χ4v) is 1.76. The van der Waals surface area contributed by atoms with Crippen molar-refractivity contribution in [2.45, 2.75) is 25.9 Å². The van der Waals surface area contributed by atoms with E-state index in [0.29, 0.717) is 6.17 Å². The average molecular weight is 253 g/mol. The van der Waals surface area contributed by atoms with E-state index in [1.165, 1.54) is 12.8 Å². The predicted molar refractivity (Wildman–Crippen MR) is 50.8 cm³/mol. The molecule has 4 heteroatoms.